The molecule has 0 heterocycles. The highest BCUT2D eigenvalue weighted by Crippen LogP contribution is 2.29. The highest BCUT2D eigenvalue weighted by Gasteiger charge is 2.27. The Bertz CT molecular complexity index is 464. The van der Waals surface area contributed by atoms with Gasteiger partial charge in [0.15, 0.2) is 5.11 Å². The Morgan fingerprint density at radius 2 is 1.75 bits per heavy atom. The molecular weight excluding hydrogens is 264 g/mol. The average Bonchev–Trinajstić information content (AvgIpc) is 2.33. The summed E-state index contributed by atoms with van der Waals surface area (Å²) in [7, 11) is 0. The number of aryl methyl sites for hydroxylation is 2. The molecule has 1 fully saturated rings. The molecule has 0 saturated heterocycles. The molecule has 2 rings (SSSR count). The van der Waals surface area contributed by atoms with Crippen LogP contribution in [0.5, 0.6) is 0 Å². The largest absolute Gasteiger partial charge is 0.359 e. The third kappa shape index (κ3) is 3.95. The minimum absolute atomic E-state index is 0.504. The van der Waals surface area contributed by atoms with E-state index in [9.17, 15) is 0 Å². The van der Waals surface area contributed by atoms with Gasteiger partial charge in [-0.1, -0.05) is 32.8 Å². The molecule has 2 nitrogen and oxygen atoms in total. The number of thiocarbonyl (C=S) groups is 1. The van der Waals surface area contributed by atoms with Crippen molar-refractivity contribution in [1.82, 2.24) is 5.32 Å². The number of benzene rings is 1. The van der Waals surface area contributed by atoms with Gasteiger partial charge in [0, 0.05) is 11.7 Å². The molecule has 0 aromatic heterocycles. The molecule has 20 heavy (non-hydrogen) atoms. The Morgan fingerprint density at radius 3 is 2.40 bits per heavy atom. The Hall–Kier alpha value is -1.09. The van der Waals surface area contributed by atoms with E-state index in [4.69, 9.17) is 12.2 Å². The number of anilines is 1. The van der Waals surface area contributed by atoms with Crippen LogP contribution in [0.4, 0.5) is 5.69 Å². The molecule has 3 heteroatoms. The van der Waals surface area contributed by atoms with Gasteiger partial charge >= 0.3 is 0 Å². The highest BCUT2D eigenvalue weighted by atomic mass is 32.1. The van der Waals surface area contributed by atoms with Crippen molar-refractivity contribution in [2.24, 2.45) is 11.8 Å². The lowest BCUT2D eigenvalue weighted by Crippen LogP contribution is -2.45. The van der Waals surface area contributed by atoms with Gasteiger partial charge in [0.1, 0.15) is 0 Å². The van der Waals surface area contributed by atoms with E-state index in [2.05, 4.69) is 56.5 Å². The first-order chi connectivity index (χ1) is 9.45. The van der Waals surface area contributed by atoms with E-state index in [0.717, 1.165) is 16.7 Å². The third-order valence-electron chi connectivity index (χ3n) is 4.50. The maximum Gasteiger partial charge on any atom is 0.171 e. The fourth-order valence-electron chi connectivity index (χ4n) is 3.17. The van der Waals surface area contributed by atoms with Gasteiger partial charge in [0.05, 0.1) is 0 Å². The SMILES string of the molecule is Cc1cc(C)cc(NC(=S)N[C@H]2CCC[C@H](C)[C@H]2C)c1. The molecule has 110 valence electrons. The molecule has 1 aliphatic carbocycles. The minimum Gasteiger partial charge on any atom is -0.359 e. The molecule has 0 amide bonds. The van der Waals surface area contributed by atoms with Crippen molar-refractivity contribution in [2.45, 2.75) is 53.0 Å². The Balaban J connectivity index is 1.95. The first-order valence-corrected chi connectivity index (χ1v) is 8.02. The van der Waals surface area contributed by atoms with Gasteiger partial charge < -0.3 is 10.6 Å². The Labute approximate surface area is 128 Å². The topological polar surface area (TPSA) is 24.1 Å². The standard InChI is InChI=1S/C17H26N2S/c1-11-8-12(2)10-15(9-11)18-17(20)19-16-7-5-6-13(3)14(16)4/h8-10,13-14,16H,5-7H2,1-4H3,(H2,18,19,20)/t13-,14+,16-/m0/s1. The molecule has 0 radical (unpaired) electrons. The second-order valence-corrected chi connectivity index (χ2v) is 6.76. The monoisotopic (exact) mass is 290 g/mol. The first kappa shape index (κ1) is 15.3. The first-order valence-electron chi connectivity index (χ1n) is 7.61. The van der Waals surface area contributed by atoms with Crippen LogP contribution >= 0.6 is 12.2 Å². The summed E-state index contributed by atoms with van der Waals surface area (Å²) in [5.41, 5.74) is 3.60. The molecule has 1 aromatic rings. The molecule has 0 bridgehead atoms. The molecule has 1 aliphatic rings. The smallest absolute Gasteiger partial charge is 0.171 e. The molecule has 0 spiro atoms. The molecule has 3 atom stereocenters. The van der Waals surface area contributed by atoms with Crippen molar-refractivity contribution in [3.8, 4) is 0 Å². The van der Waals surface area contributed by atoms with E-state index in [1.807, 2.05) is 0 Å². The third-order valence-corrected chi connectivity index (χ3v) is 4.72. The van der Waals surface area contributed by atoms with Crippen LogP contribution in [0, 0.1) is 25.7 Å². The van der Waals surface area contributed by atoms with Gasteiger partial charge in [-0.3, -0.25) is 0 Å². The van der Waals surface area contributed by atoms with E-state index in [-0.39, 0.29) is 0 Å². The van der Waals surface area contributed by atoms with Crippen molar-refractivity contribution in [3.63, 3.8) is 0 Å². The van der Waals surface area contributed by atoms with Gasteiger partial charge in [-0.05, 0) is 67.6 Å². The molecule has 1 saturated carbocycles. The van der Waals surface area contributed by atoms with E-state index in [1.165, 1.54) is 30.4 Å². The number of hydrogen-bond donors (Lipinski definition) is 2. The predicted molar refractivity (Wildman–Crippen MR) is 91.2 cm³/mol. The van der Waals surface area contributed by atoms with E-state index in [0.29, 0.717) is 12.0 Å². The van der Waals surface area contributed by atoms with Crippen molar-refractivity contribution in [3.05, 3.63) is 29.3 Å². The van der Waals surface area contributed by atoms with Crippen molar-refractivity contribution in [1.29, 1.82) is 0 Å². The number of rotatable bonds is 2. The van der Waals surface area contributed by atoms with Crippen LogP contribution in [-0.4, -0.2) is 11.2 Å². The zero-order valence-electron chi connectivity index (χ0n) is 13.0. The summed E-state index contributed by atoms with van der Waals surface area (Å²) in [5.74, 6) is 1.47. The summed E-state index contributed by atoms with van der Waals surface area (Å²) < 4.78 is 0. The highest BCUT2D eigenvalue weighted by molar-refractivity contribution is 7.80. The lowest BCUT2D eigenvalue weighted by Gasteiger charge is -2.35. The fraction of sp³-hybridized carbons (Fsp3) is 0.588. The fourth-order valence-corrected chi connectivity index (χ4v) is 3.44. The van der Waals surface area contributed by atoms with Crippen LogP contribution < -0.4 is 10.6 Å². The average molecular weight is 290 g/mol. The van der Waals surface area contributed by atoms with Crippen LogP contribution in [0.1, 0.15) is 44.2 Å². The molecule has 0 unspecified atom stereocenters. The van der Waals surface area contributed by atoms with Crippen LogP contribution in [-0.2, 0) is 0 Å². The zero-order chi connectivity index (χ0) is 14.7. The van der Waals surface area contributed by atoms with Gasteiger partial charge in [-0.25, -0.2) is 0 Å². The summed E-state index contributed by atoms with van der Waals surface area (Å²) in [5, 5.41) is 7.58. The van der Waals surface area contributed by atoms with Crippen LogP contribution in [0.15, 0.2) is 18.2 Å². The maximum absolute atomic E-state index is 5.47. The van der Waals surface area contributed by atoms with Crippen LogP contribution in [0.25, 0.3) is 0 Å². The van der Waals surface area contributed by atoms with Gasteiger partial charge in [0.2, 0.25) is 0 Å². The van der Waals surface area contributed by atoms with Crippen molar-refractivity contribution in [2.75, 3.05) is 5.32 Å². The quantitative estimate of drug-likeness (QED) is 0.789. The summed E-state index contributed by atoms with van der Waals surface area (Å²) in [6.07, 6.45) is 3.87. The van der Waals surface area contributed by atoms with E-state index >= 15 is 0 Å². The van der Waals surface area contributed by atoms with E-state index in [1.54, 1.807) is 0 Å². The second-order valence-electron chi connectivity index (χ2n) is 6.35. The van der Waals surface area contributed by atoms with Gasteiger partial charge in [-0.15, -0.1) is 0 Å². The van der Waals surface area contributed by atoms with E-state index < -0.39 is 0 Å². The van der Waals surface area contributed by atoms with Gasteiger partial charge in [0.25, 0.3) is 0 Å². The minimum atomic E-state index is 0.504. The second kappa shape index (κ2) is 6.57. The summed E-state index contributed by atoms with van der Waals surface area (Å²) in [6, 6.07) is 6.94. The zero-order valence-corrected chi connectivity index (χ0v) is 13.8. The maximum atomic E-state index is 5.47. The van der Waals surface area contributed by atoms with Crippen LogP contribution in [0.3, 0.4) is 0 Å². The number of nitrogens with one attached hydrogen (secondary N) is 2. The molecule has 2 N–H and O–H groups in total. The Kier molecular flexibility index (Phi) is 5.03. The predicted octanol–water partition coefficient (Wildman–Crippen LogP) is 4.41. The lowest BCUT2D eigenvalue weighted by molar-refractivity contribution is 0.225. The van der Waals surface area contributed by atoms with Crippen molar-refractivity contribution < 1.29 is 0 Å². The lowest BCUT2D eigenvalue weighted by atomic mass is 9.78. The Morgan fingerprint density at radius 1 is 1.10 bits per heavy atom. The molecule has 1 aromatic carbocycles. The number of hydrogen-bond acceptors (Lipinski definition) is 1. The van der Waals surface area contributed by atoms with Gasteiger partial charge in [-0.2, -0.15) is 0 Å². The molecular formula is C17H26N2S. The van der Waals surface area contributed by atoms with Crippen molar-refractivity contribution >= 4 is 23.0 Å². The summed E-state index contributed by atoms with van der Waals surface area (Å²) in [4.78, 5) is 0. The molecule has 0 aliphatic heterocycles. The summed E-state index contributed by atoms with van der Waals surface area (Å²) >= 11 is 5.47. The normalized spacial score (nSPS) is 26.1. The summed E-state index contributed by atoms with van der Waals surface area (Å²) in [6.45, 7) is 8.90. The van der Waals surface area contributed by atoms with Crippen LogP contribution in [0.2, 0.25) is 0 Å².